The number of nitrogens with one attached hydrogen (secondary N) is 1. The van der Waals surface area contributed by atoms with E-state index in [0.29, 0.717) is 25.3 Å². The summed E-state index contributed by atoms with van der Waals surface area (Å²) in [5.41, 5.74) is 0.632. The highest BCUT2D eigenvalue weighted by molar-refractivity contribution is 9.10. The van der Waals surface area contributed by atoms with Crippen molar-refractivity contribution in [3.8, 4) is 0 Å². The molecule has 1 aromatic heterocycles. The molecule has 7 heteroatoms. The lowest BCUT2D eigenvalue weighted by molar-refractivity contribution is 0.0118. The Morgan fingerprint density at radius 1 is 1.21 bits per heavy atom. The molecule has 0 saturated carbocycles. The fourth-order valence-electron chi connectivity index (χ4n) is 2.71. The zero-order chi connectivity index (χ0) is 16.1. The molecular weight excluding hydrogens is 396 g/mol. The van der Waals surface area contributed by atoms with Crippen LogP contribution in [0.5, 0.6) is 0 Å². The number of furan rings is 1. The minimum absolute atomic E-state index is 0. The van der Waals surface area contributed by atoms with E-state index in [1.165, 1.54) is 0 Å². The van der Waals surface area contributed by atoms with Gasteiger partial charge in [-0.05, 0) is 40.2 Å². The molecule has 1 aliphatic heterocycles. The van der Waals surface area contributed by atoms with E-state index in [1.54, 1.807) is 12.3 Å². The number of carbonyl (C=O) groups is 1. The lowest BCUT2D eigenvalue weighted by atomic mass is 10.1. The number of carbonyl (C=O) groups excluding carboxylic acids is 1. The summed E-state index contributed by atoms with van der Waals surface area (Å²) >= 11 is 3.41. The first kappa shape index (κ1) is 19.0. The quantitative estimate of drug-likeness (QED) is 0.814. The largest absolute Gasteiger partial charge is 0.468 e. The van der Waals surface area contributed by atoms with Gasteiger partial charge in [-0.15, -0.1) is 12.4 Å². The molecule has 1 saturated heterocycles. The molecule has 2 heterocycles. The summed E-state index contributed by atoms with van der Waals surface area (Å²) in [6.45, 7) is 3.56. The maximum Gasteiger partial charge on any atom is 0.252 e. The Labute approximate surface area is 155 Å². The van der Waals surface area contributed by atoms with E-state index >= 15 is 0 Å². The summed E-state index contributed by atoms with van der Waals surface area (Å²) in [6, 6.07) is 11.2. The molecule has 0 spiro atoms. The van der Waals surface area contributed by atoms with E-state index in [2.05, 4.69) is 26.1 Å². The number of hydrogen-bond donors (Lipinski definition) is 1. The van der Waals surface area contributed by atoms with Crippen LogP contribution in [-0.2, 0) is 4.74 Å². The highest BCUT2D eigenvalue weighted by Gasteiger charge is 2.25. The summed E-state index contributed by atoms with van der Waals surface area (Å²) in [5, 5.41) is 3.01. The molecule has 1 unspecified atom stereocenters. The van der Waals surface area contributed by atoms with Gasteiger partial charge in [0, 0.05) is 24.1 Å². The van der Waals surface area contributed by atoms with Crippen LogP contribution in [-0.4, -0.2) is 43.7 Å². The number of morpholine rings is 1. The van der Waals surface area contributed by atoms with Crippen molar-refractivity contribution in [1.29, 1.82) is 0 Å². The average Bonchev–Trinajstić information content (AvgIpc) is 3.10. The maximum atomic E-state index is 12.4. The van der Waals surface area contributed by atoms with Crippen molar-refractivity contribution < 1.29 is 13.9 Å². The van der Waals surface area contributed by atoms with Crippen LogP contribution in [0.4, 0.5) is 0 Å². The molecule has 0 bridgehead atoms. The third-order valence-corrected chi connectivity index (χ3v) is 4.62. The lowest BCUT2D eigenvalue weighted by Gasteiger charge is -2.33. The highest BCUT2D eigenvalue weighted by Crippen LogP contribution is 2.22. The number of nitrogens with zero attached hydrogens (tertiary/aromatic N) is 1. The Morgan fingerprint density at radius 2 is 1.96 bits per heavy atom. The van der Waals surface area contributed by atoms with Gasteiger partial charge >= 0.3 is 0 Å². The molecular formula is C17H20BrClN2O3. The summed E-state index contributed by atoms with van der Waals surface area (Å²) in [5.74, 6) is 0.765. The predicted molar refractivity (Wildman–Crippen MR) is 97.6 cm³/mol. The first-order valence-electron chi connectivity index (χ1n) is 7.63. The fourth-order valence-corrected chi connectivity index (χ4v) is 3.17. The van der Waals surface area contributed by atoms with Gasteiger partial charge in [0.2, 0.25) is 0 Å². The maximum absolute atomic E-state index is 12.4. The van der Waals surface area contributed by atoms with Crippen molar-refractivity contribution in [3.05, 3.63) is 58.5 Å². The Morgan fingerprint density at radius 3 is 2.62 bits per heavy atom. The molecule has 0 aliphatic carbocycles. The van der Waals surface area contributed by atoms with Gasteiger partial charge in [0.25, 0.3) is 5.91 Å². The van der Waals surface area contributed by atoms with Crippen LogP contribution >= 0.6 is 28.3 Å². The minimum Gasteiger partial charge on any atom is -0.468 e. The smallest absolute Gasteiger partial charge is 0.252 e. The first-order chi connectivity index (χ1) is 11.3. The normalized spacial score (nSPS) is 16.2. The number of rotatable bonds is 5. The van der Waals surface area contributed by atoms with E-state index in [1.807, 2.05) is 30.3 Å². The zero-order valence-electron chi connectivity index (χ0n) is 13.1. The number of benzene rings is 1. The molecule has 1 atom stereocenters. The van der Waals surface area contributed by atoms with Crippen molar-refractivity contribution in [2.45, 2.75) is 6.04 Å². The summed E-state index contributed by atoms with van der Waals surface area (Å²) in [4.78, 5) is 14.7. The Balaban J connectivity index is 0.00000208. The standard InChI is InChI=1S/C17H19BrN2O3.ClH/c18-14-5-2-1-4-13(14)17(21)19-12-15(16-6-3-9-23-16)20-7-10-22-11-8-20;/h1-6,9,15H,7-8,10-12H2,(H,19,21);1H. The van der Waals surface area contributed by atoms with Crippen molar-refractivity contribution in [2.24, 2.45) is 0 Å². The summed E-state index contributed by atoms with van der Waals surface area (Å²) in [6.07, 6.45) is 1.67. The SMILES string of the molecule is Cl.O=C(NCC(c1ccco1)N1CCOCC1)c1ccccc1Br. The van der Waals surface area contributed by atoms with Crippen molar-refractivity contribution >= 4 is 34.2 Å². The van der Waals surface area contributed by atoms with Gasteiger partial charge < -0.3 is 14.5 Å². The topological polar surface area (TPSA) is 54.7 Å². The molecule has 24 heavy (non-hydrogen) atoms. The van der Waals surface area contributed by atoms with E-state index in [4.69, 9.17) is 9.15 Å². The predicted octanol–water partition coefficient (Wildman–Crippen LogP) is 3.27. The minimum atomic E-state index is -0.0951. The van der Waals surface area contributed by atoms with Gasteiger partial charge in [-0.25, -0.2) is 0 Å². The molecule has 1 fully saturated rings. The molecule has 1 aliphatic rings. The molecule has 2 aromatic rings. The van der Waals surface area contributed by atoms with Crippen molar-refractivity contribution in [2.75, 3.05) is 32.8 Å². The third kappa shape index (κ3) is 4.60. The lowest BCUT2D eigenvalue weighted by Crippen LogP contribution is -2.43. The second-order valence-corrected chi connectivity index (χ2v) is 6.22. The van der Waals surface area contributed by atoms with Crippen LogP contribution in [0.25, 0.3) is 0 Å². The molecule has 1 amide bonds. The van der Waals surface area contributed by atoms with Gasteiger partial charge in [0.1, 0.15) is 5.76 Å². The van der Waals surface area contributed by atoms with Crippen LogP contribution < -0.4 is 5.32 Å². The number of ether oxygens (including phenoxy) is 1. The fraction of sp³-hybridized carbons (Fsp3) is 0.353. The average molecular weight is 416 g/mol. The Bertz CT molecular complexity index is 645. The van der Waals surface area contributed by atoms with Crippen LogP contribution in [0, 0.1) is 0 Å². The van der Waals surface area contributed by atoms with Crippen molar-refractivity contribution in [1.82, 2.24) is 10.2 Å². The van der Waals surface area contributed by atoms with Gasteiger partial charge in [0.05, 0.1) is 31.1 Å². The second-order valence-electron chi connectivity index (χ2n) is 5.37. The number of halogens is 2. The van der Waals surface area contributed by atoms with E-state index in [9.17, 15) is 4.79 Å². The van der Waals surface area contributed by atoms with Gasteiger partial charge in [-0.1, -0.05) is 12.1 Å². The molecule has 5 nitrogen and oxygen atoms in total. The zero-order valence-corrected chi connectivity index (χ0v) is 15.5. The number of amides is 1. The van der Waals surface area contributed by atoms with Gasteiger partial charge in [-0.3, -0.25) is 9.69 Å². The highest BCUT2D eigenvalue weighted by atomic mass is 79.9. The monoisotopic (exact) mass is 414 g/mol. The Hall–Kier alpha value is -1.34. The molecule has 1 aromatic carbocycles. The molecule has 1 N–H and O–H groups in total. The van der Waals surface area contributed by atoms with E-state index < -0.39 is 0 Å². The van der Waals surface area contributed by atoms with E-state index in [-0.39, 0.29) is 24.4 Å². The van der Waals surface area contributed by atoms with Crippen LogP contribution in [0.3, 0.4) is 0 Å². The van der Waals surface area contributed by atoms with Gasteiger partial charge in [-0.2, -0.15) is 0 Å². The molecule has 3 rings (SSSR count). The summed E-state index contributed by atoms with van der Waals surface area (Å²) in [7, 11) is 0. The van der Waals surface area contributed by atoms with Crippen LogP contribution in [0.2, 0.25) is 0 Å². The first-order valence-corrected chi connectivity index (χ1v) is 8.43. The third-order valence-electron chi connectivity index (χ3n) is 3.93. The Kier molecular flexibility index (Phi) is 7.30. The molecule has 130 valence electrons. The van der Waals surface area contributed by atoms with Gasteiger partial charge in [0.15, 0.2) is 0 Å². The van der Waals surface area contributed by atoms with Crippen LogP contribution in [0.15, 0.2) is 51.6 Å². The summed E-state index contributed by atoms with van der Waals surface area (Å²) < 4.78 is 11.8. The number of hydrogen-bond acceptors (Lipinski definition) is 4. The van der Waals surface area contributed by atoms with Crippen LogP contribution in [0.1, 0.15) is 22.2 Å². The second kappa shape index (κ2) is 9.22. The molecule has 0 radical (unpaired) electrons. The van der Waals surface area contributed by atoms with Crippen molar-refractivity contribution in [3.63, 3.8) is 0 Å². The van der Waals surface area contributed by atoms with E-state index in [0.717, 1.165) is 23.3 Å².